The fourth-order valence-electron chi connectivity index (χ4n) is 8.19. The average molecular weight is 908 g/mol. The second-order valence-electron chi connectivity index (χ2n) is 15.7. The minimum atomic E-state index is -0.958. The maximum absolute atomic E-state index is 13.8. The first-order chi connectivity index (χ1) is 32.1. The minimum Gasteiger partial charge on any atom is -0.453 e. The molecule has 336 valence electrons. The van der Waals surface area contributed by atoms with Crippen LogP contribution in [0.3, 0.4) is 0 Å². The SMILES string of the molecule is CCCCc1nc(Cl)c(C(=O)OCc2oc(=O)oc2CCCC(C)O[N+](=O)[O-])n1Cc1ccc(-c2ccccc2-c2nnn(C(c3ccccc3)(c3ccccc3)c3ccccc3)n2)cc1. The van der Waals surface area contributed by atoms with E-state index in [9.17, 15) is 19.7 Å². The summed E-state index contributed by atoms with van der Waals surface area (Å²) in [6.07, 6.45) is 2.54. The van der Waals surface area contributed by atoms with E-state index < -0.39 is 35.1 Å². The Labute approximate surface area is 384 Å². The molecule has 8 aromatic rings. The van der Waals surface area contributed by atoms with Gasteiger partial charge in [0.1, 0.15) is 11.9 Å². The lowest BCUT2D eigenvalue weighted by atomic mass is 9.77. The third-order valence-corrected chi connectivity index (χ3v) is 11.6. The molecule has 0 fully saturated rings. The molecule has 16 heteroatoms. The Morgan fingerprint density at radius 3 is 2.00 bits per heavy atom. The van der Waals surface area contributed by atoms with Crippen LogP contribution in [0.15, 0.2) is 153 Å². The van der Waals surface area contributed by atoms with Crippen molar-refractivity contribution in [3.05, 3.63) is 211 Å². The van der Waals surface area contributed by atoms with Gasteiger partial charge in [0, 0.05) is 24.9 Å². The molecule has 0 aliphatic rings. The third-order valence-electron chi connectivity index (χ3n) is 11.4. The zero-order valence-corrected chi connectivity index (χ0v) is 37.0. The van der Waals surface area contributed by atoms with Crippen molar-refractivity contribution in [2.24, 2.45) is 0 Å². The number of unbranched alkanes of at least 4 members (excludes halogenated alkanes) is 1. The van der Waals surface area contributed by atoms with E-state index in [0.29, 0.717) is 30.9 Å². The Balaban J connectivity index is 1.05. The number of benzene rings is 5. The largest absolute Gasteiger partial charge is 0.519 e. The number of nitrogens with zero attached hydrogens (tertiary/aromatic N) is 7. The molecule has 0 N–H and O–H groups in total. The number of imidazole rings is 1. The summed E-state index contributed by atoms with van der Waals surface area (Å²) in [4.78, 5) is 47.3. The summed E-state index contributed by atoms with van der Waals surface area (Å²) in [5.41, 5.74) is 5.54. The van der Waals surface area contributed by atoms with Gasteiger partial charge in [-0.1, -0.05) is 164 Å². The van der Waals surface area contributed by atoms with Gasteiger partial charge in [-0.3, -0.25) is 0 Å². The second-order valence-corrected chi connectivity index (χ2v) is 16.1. The van der Waals surface area contributed by atoms with Crippen molar-refractivity contribution in [3.8, 4) is 22.5 Å². The first-order valence-corrected chi connectivity index (χ1v) is 22.0. The molecule has 0 radical (unpaired) electrons. The highest BCUT2D eigenvalue weighted by molar-refractivity contribution is 6.32. The molecule has 0 bridgehead atoms. The molecule has 5 aromatic carbocycles. The van der Waals surface area contributed by atoms with Gasteiger partial charge < -0.3 is 23.0 Å². The molecule has 1 unspecified atom stereocenters. The monoisotopic (exact) mass is 907 g/mol. The lowest BCUT2D eigenvalue weighted by Crippen LogP contribution is -2.39. The van der Waals surface area contributed by atoms with Crippen molar-refractivity contribution >= 4 is 17.6 Å². The van der Waals surface area contributed by atoms with Crippen LogP contribution in [-0.4, -0.2) is 46.9 Å². The highest BCUT2D eigenvalue weighted by Crippen LogP contribution is 2.40. The summed E-state index contributed by atoms with van der Waals surface area (Å²) < 4.78 is 17.8. The van der Waals surface area contributed by atoms with Gasteiger partial charge in [0.15, 0.2) is 34.5 Å². The number of halogens is 1. The number of hydrogen-bond acceptors (Lipinski definition) is 12. The maximum Gasteiger partial charge on any atom is 0.519 e. The zero-order valence-electron chi connectivity index (χ0n) is 36.3. The molecule has 0 aliphatic heterocycles. The molecule has 0 spiro atoms. The number of carbonyl (C=O) groups excluding carboxylic acids is 1. The van der Waals surface area contributed by atoms with Gasteiger partial charge in [0.2, 0.25) is 5.82 Å². The second kappa shape index (κ2) is 20.5. The number of ether oxygens (including phenoxy) is 1. The third kappa shape index (κ3) is 9.71. The van der Waals surface area contributed by atoms with E-state index in [0.717, 1.165) is 51.8 Å². The number of aryl methyl sites for hydroxylation is 2. The van der Waals surface area contributed by atoms with Crippen LogP contribution >= 0.6 is 11.6 Å². The van der Waals surface area contributed by atoms with Crippen molar-refractivity contribution in [2.45, 2.75) is 77.2 Å². The molecule has 15 nitrogen and oxygen atoms in total. The van der Waals surface area contributed by atoms with Crippen molar-refractivity contribution in [3.63, 3.8) is 0 Å². The van der Waals surface area contributed by atoms with E-state index in [-0.39, 0.29) is 35.3 Å². The van der Waals surface area contributed by atoms with E-state index in [2.05, 4.69) is 53.1 Å². The van der Waals surface area contributed by atoms with Gasteiger partial charge in [-0.2, -0.15) is 0 Å². The van der Waals surface area contributed by atoms with E-state index in [1.165, 1.54) is 0 Å². The number of tetrazole rings is 1. The number of esters is 1. The van der Waals surface area contributed by atoms with Crippen molar-refractivity contribution in [1.29, 1.82) is 0 Å². The summed E-state index contributed by atoms with van der Waals surface area (Å²) >= 11 is 6.65. The normalized spacial score (nSPS) is 11.9. The van der Waals surface area contributed by atoms with Crippen LogP contribution in [0, 0.1) is 10.1 Å². The first kappa shape index (κ1) is 44.9. The number of aromatic nitrogens is 6. The zero-order chi connectivity index (χ0) is 46.0. The van der Waals surface area contributed by atoms with Gasteiger partial charge in [-0.05, 0) is 64.8 Å². The molecular weight excluding hydrogens is 862 g/mol. The molecule has 8 rings (SSSR count). The standard InChI is InChI=1S/C50H46ClN7O8/c1-3-4-27-44-52-46(51)45(48(59)63-33-43-42(64-49(60)65-43)26-16-17-34(2)66-58(61)62)56(44)32-35-28-30-36(31-29-35)40-24-14-15-25-41(40)47-53-55-57(54-47)50(37-18-8-5-9-19-37,38-20-10-6-11-21-38)39-22-12-7-13-23-39/h5-15,18-25,28-31,34H,3-4,16-17,26-27,32-33H2,1-2H3. The van der Waals surface area contributed by atoms with Crippen molar-refractivity contribution in [2.75, 3.05) is 0 Å². The van der Waals surface area contributed by atoms with Gasteiger partial charge in [-0.25, -0.2) is 14.6 Å². The Kier molecular flexibility index (Phi) is 13.9. The average Bonchev–Trinajstić information content (AvgIpc) is 4.05. The molecule has 66 heavy (non-hydrogen) atoms. The predicted octanol–water partition coefficient (Wildman–Crippen LogP) is 9.91. The molecule has 0 saturated heterocycles. The molecule has 1 atom stereocenters. The molecule has 3 aromatic heterocycles. The Morgan fingerprint density at radius 2 is 1.39 bits per heavy atom. The molecular formula is C50H46ClN7O8. The number of carbonyl (C=O) groups is 1. The number of rotatable bonds is 20. The number of hydrogen-bond donors (Lipinski definition) is 0. The first-order valence-electron chi connectivity index (χ1n) is 21.7. The van der Waals surface area contributed by atoms with Crippen LogP contribution in [0.5, 0.6) is 0 Å². The summed E-state index contributed by atoms with van der Waals surface area (Å²) in [5, 5.41) is 24.4. The predicted molar refractivity (Wildman–Crippen MR) is 245 cm³/mol. The van der Waals surface area contributed by atoms with Gasteiger partial charge in [0.05, 0.1) is 0 Å². The van der Waals surface area contributed by atoms with Crippen molar-refractivity contribution in [1.82, 2.24) is 29.8 Å². The summed E-state index contributed by atoms with van der Waals surface area (Å²) in [5.74, 6) is -0.443. The maximum atomic E-state index is 13.8. The summed E-state index contributed by atoms with van der Waals surface area (Å²) in [6, 6.07) is 46.5. The van der Waals surface area contributed by atoms with Crippen LogP contribution in [0.1, 0.15) is 89.6 Å². The molecule has 0 amide bonds. The Bertz CT molecular complexity index is 2850. The van der Waals surface area contributed by atoms with Crippen molar-refractivity contribution < 1.29 is 28.3 Å². The van der Waals surface area contributed by atoms with Crippen LogP contribution in [0.25, 0.3) is 22.5 Å². The minimum absolute atomic E-state index is 0.0124. The topological polar surface area (TPSA) is 183 Å². The van der Waals surface area contributed by atoms with E-state index >= 15 is 0 Å². The Morgan fingerprint density at radius 1 is 0.803 bits per heavy atom. The lowest BCUT2D eigenvalue weighted by molar-refractivity contribution is -0.767. The molecule has 3 heterocycles. The van der Waals surface area contributed by atoms with Gasteiger partial charge in [-0.15, -0.1) is 25.1 Å². The van der Waals surface area contributed by atoms with E-state index in [1.54, 1.807) is 16.3 Å². The summed E-state index contributed by atoms with van der Waals surface area (Å²) in [7, 11) is 0. The lowest BCUT2D eigenvalue weighted by Gasteiger charge is -2.34. The van der Waals surface area contributed by atoms with E-state index in [4.69, 9.17) is 40.6 Å². The van der Waals surface area contributed by atoms with Crippen LogP contribution < -0.4 is 5.82 Å². The van der Waals surface area contributed by atoms with E-state index in [1.807, 2.05) is 103 Å². The van der Waals surface area contributed by atoms with Crippen LogP contribution in [0.2, 0.25) is 5.15 Å². The van der Waals surface area contributed by atoms with Crippen LogP contribution in [0.4, 0.5) is 0 Å². The fourth-order valence-corrected chi connectivity index (χ4v) is 8.47. The molecule has 0 aliphatic carbocycles. The highest BCUT2D eigenvalue weighted by Gasteiger charge is 2.41. The molecule has 0 saturated carbocycles. The smallest absolute Gasteiger partial charge is 0.453 e. The summed E-state index contributed by atoms with van der Waals surface area (Å²) in [6.45, 7) is 3.48. The Hall–Kier alpha value is -7.65. The van der Waals surface area contributed by atoms with Gasteiger partial charge in [0.25, 0.3) is 5.09 Å². The van der Waals surface area contributed by atoms with Gasteiger partial charge >= 0.3 is 11.8 Å². The highest BCUT2D eigenvalue weighted by atomic mass is 35.5. The fraction of sp³-hybridized carbons (Fsp3) is 0.240. The van der Waals surface area contributed by atoms with Crippen LogP contribution in [-0.2, 0) is 41.1 Å². The quantitative estimate of drug-likeness (QED) is 0.0306.